The molecule has 0 atom stereocenters. The molecule has 136 valence electrons. The van der Waals surface area contributed by atoms with Crippen molar-refractivity contribution in [2.45, 2.75) is 6.54 Å². The molecule has 0 unspecified atom stereocenters. The Morgan fingerprint density at radius 1 is 1.26 bits per heavy atom. The Balaban J connectivity index is 1.81. The summed E-state index contributed by atoms with van der Waals surface area (Å²) >= 11 is 5.94. The van der Waals surface area contributed by atoms with Crippen LogP contribution in [0.1, 0.15) is 16.2 Å². The Bertz CT molecular complexity index is 1180. The molecule has 0 fully saturated rings. The summed E-state index contributed by atoms with van der Waals surface area (Å²) in [5.74, 6) is 0.151. The van der Waals surface area contributed by atoms with Crippen molar-refractivity contribution in [2.75, 3.05) is 0 Å². The first-order valence-corrected chi connectivity index (χ1v) is 8.43. The zero-order valence-electron chi connectivity index (χ0n) is 14.2. The number of benzene rings is 1. The highest BCUT2D eigenvalue weighted by Gasteiger charge is 2.22. The quantitative estimate of drug-likeness (QED) is 0.583. The highest BCUT2D eigenvalue weighted by atomic mass is 35.5. The molecule has 1 aromatic carbocycles. The van der Waals surface area contributed by atoms with Gasteiger partial charge in [0.05, 0.1) is 24.8 Å². The van der Waals surface area contributed by atoms with Crippen LogP contribution in [0.15, 0.2) is 58.2 Å². The molecule has 3 heterocycles. The first-order chi connectivity index (χ1) is 13.0. The number of halogens is 1. The van der Waals surface area contributed by atoms with Gasteiger partial charge in [0, 0.05) is 12.1 Å². The molecule has 4 rings (SSSR count). The van der Waals surface area contributed by atoms with Crippen LogP contribution in [0.3, 0.4) is 0 Å². The molecule has 0 aliphatic heterocycles. The van der Waals surface area contributed by atoms with Crippen molar-refractivity contribution in [3.63, 3.8) is 0 Å². The molecule has 0 aliphatic carbocycles. The third kappa shape index (κ3) is 3.11. The fraction of sp³-hybridized carbons (Fsp3) is 0.111. The van der Waals surface area contributed by atoms with Gasteiger partial charge in [-0.3, -0.25) is 9.59 Å². The van der Waals surface area contributed by atoms with Gasteiger partial charge in [0.1, 0.15) is 11.3 Å². The van der Waals surface area contributed by atoms with E-state index in [-0.39, 0.29) is 28.8 Å². The second-order valence-electron chi connectivity index (χ2n) is 5.86. The van der Waals surface area contributed by atoms with Gasteiger partial charge < -0.3 is 14.3 Å². The number of rotatable bonds is 4. The monoisotopic (exact) mass is 383 g/mol. The number of hydrogen-bond acceptors (Lipinski definition) is 5. The second-order valence-corrected chi connectivity index (χ2v) is 6.29. The van der Waals surface area contributed by atoms with E-state index >= 15 is 0 Å². The number of hydrogen-bond donors (Lipinski definition) is 1. The molecule has 3 aromatic heterocycles. The number of aryl methyl sites for hydroxylation is 1. The standard InChI is InChI=1S/C18H14ClN5O3/c1-23-10-21-14-15(17(25)20-9-13-3-2-8-27-13)22-24(16(14)18(23)26)12-6-4-11(19)5-7-12/h2-8,10H,9H2,1H3,(H,20,25). The number of nitrogens with zero attached hydrogens (tertiary/aromatic N) is 4. The van der Waals surface area contributed by atoms with Crippen LogP contribution in [0, 0.1) is 0 Å². The Kier molecular flexibility index (Phi) is 4.25. The number of nitrogens with one attached hydrogen (secondary N) is 1. The maximum absolute atomic E-state index is 12.7. The van der Waals surface area contributed by atoms with Gasteiger partial charge in [0.25, 0.3) is 11.5 Å². The third-order valence-electron chi connectivity index (χ3n) is 4.03. The maximum Gasteiger partial charge on any atom is 0.279 e. The van der Waals surface area contributed by atoms with E-state index < -0.39 is 5.91 Å². The van der Waals surface area contributed by atoms with Gasteiger partial charge in [-0.25, -0.2) is 9.67 Å². The summed E-state index contributed by atoms with van der Waals surface area (Å²) in [4.78, 5) is 29.6. The normalized spacial score (nSPS) is 11.0. The molecule has 0 aliphatic rings. The molecule has 27 heavy (non-hydrogen) atoms. The van der Waals surface area contributed by atoms with Crippen molar-refractivity contribution in [3.05, 3.63) is 75.8 Å². The van der Waals surface area contributed by atoms with E-state index in [1.807, 2.05) is 0 Å². The van der Waals surface area contributed by atoms with Gasteiger partial charge in [-0.2, -0.15) is 5.10 Å². The maximum atomic E-state index is 12.7. The van der Waals surface area contributed by atoms with Gasteiger partial charge in [0.15, 0.2) is 11.2 Å². The van der Waals surface area contributed by atoms with Gasteiger partial charge in [0.2, 0.25) is 0 Å². The minimum Gasteiger partial charge on any atom is -0.467 e. The molecule has 0 saturated carbocycles. The lowest BCUT2D eigenvalue weighted by Crippen LogP contribution is -2.23. The molecule has 1 N–H and O–H groups in total. The number of furan rings is 1. The third-order valence-corrected chi connectivity index (χ3v) is 4.28. The van der Waals surface area contributed by atoms with Crippen LogP contribution in [0.4, 0.5) is 0 Å². The largest absolute Gasteiger partial charge is 0.467 e. The van der Waals surface area contributed by atoms with Crippen molar-refractivity contribution < 1.29 is 9.21 Å². The van der Waals surface area contributed by atoms with E-state index in [0.717, 1.165) is 0 Å². The molecule has 0 spiro atoms. The summed E-state index contributed by atoms with van der Waals surface area (Å²) in [5, 5.41) is 7.62. The Labute approximate surface area is 158 Å². The average molecular weight is 384 g/mol. The lowest BCUT2D eigenvalue weighted by molar-refractivity contribution is 0.0944. The second kappa shape index (κ2) is 6.73. The summed E-state index contributed by atoms with van der Waals surface area (Å²) in [5.41, 5.74) is 0.784. The topological polar surface area (TPSA) is 94.9 Å². The van der Waals surface area contributed by atoms with E-state index in [1.54, 1.807) is 43.4 Å². The molecular weight excluding hydrogens is 370 g/mol. The highest BCUT2D eigenvalue weighted by Crippen LogP contribution is 2.19. The number of fused-ring (bicyclic) bond motifs is 1. The van der Waals surface area contributed by atoms with Gasteiger partial charge in [-0.05, 0) is 36.4 Å². The predicted octanol–water partition coefficient (Wildman–Crippen LogP) is 2.30. The van der Waals surface area contributed by atoms with Gasteiger partial charge in [-0.1, -0.05) is 11.6 Å². The van der Waals surface area contributed by atoms with Crippen LogP contribution in [-0.2, 0) is 13.6 Å². The van der Waals surface area contributed by atoms with Crippen molar-refractivity contribution in [2.24, 2.45) is 7.05 Å². The van der Waals surface area contributed by atoms with E-state index in [0.29, 0.717) is 16.5 Å². The summed E-state index contributed by atoms with van der Waals surface area (Å²) < 4.78 is 7.95. The summed E-state index contributed by atoms with van der Waals surface area (Å²) in [6.45, 7) is 0.200. The van der Waals surface area contributed by atoms with E-state index in [4.69, 9.17) is 16.0 Å². The minimum atomic E-state index is -0.454. The van der Waals surface area contributed by atoms with Gasteiger partial charge >= 0.3 is 0 Å². The van der Waals surface area contributed by atoms with E-state index in [9.17, 15) is 9.59 Å². The Morgan fingerprint density at radius 2 is 2.04 bits per heavy atom. The lowest BCUT2D eigenvalue weighted by atomic mass is 10.3. The highest BCUT2D eigenvalue weighted by molar-refractivity contribution is 6.30. The predicted molar refractivity (Wildman–Crippen MR) is 99.0 cm³/mol. The Morgan fingerprint density at radius 3 is 2.74 bits per heavy atom. The fourth-order valence-corrected chi connectivity index (χ4v) is 2.80. The summed E-state index contributed by atoms with van der Waals surface area (Å²) in [6.07, 6.45) is 2.89. The molecule has 0 saturated heterocycles. The smallest absolute Gasteiger partial charge is 0.279 e. The van der Waals surface area contributed by atoms with Crippen LogP contribution >= 0.6 is 11.6 Å². The Hall–Kier alpha value is -3.39. The molecule has 0 bridgehead atoms. The fourth-order valence-electron chi connectivity index (χ4n) is 2.67. The zero-order valence-corrected chi connectivity index (χ0v) is 15.0. The van der Waals surface area contributed by atoms with Crippen molar-refractivity contribution in [3.8, 4) is 5.69 Å². The molecular formula is C18H14ClN5O3. The molecule has 1 amide bonds. The van der Waals surface area contributed by atoms with Crippen molar-refractivity contribution in [1.82, 2.24) is 24.6 Å². The molecule has 9 heteroatoms. The average Bonchev–Trinajstić information content (AvgIpc) is 3.31. The van der Waals surface area contributed by atoms with Crippen molar-refractivity contribution >= 4 is 28.5 Å². The summed E-state index contributed by atoms with van der Waals surface area (Å²) in [6, 6.07) is 10.3. The summed E-state index contributed by atoms with van der Waals surface area (Å²) in [7, 11) is 1.59. The van der Waals surface area contributed by atoms with E-state index in [2.05, 4.69) is 15.4 Å². The molecule has 4 aromatic rings. The lowest BCUT2D eigenvalue weighted by Gasteiger charge is -2.03. The number of carbonyl (C=O) groups is 1. The van der Waals surface area contributed by atoms with Crippen LogP contribution < -0.4 is 10.9 Å². The van der Waals surface area contributed by atoms with Crippen LogP contribution in [0.25, 0.3) is 16.7 Å². The number of aromatic nitrogens is 4. The SMILES string of the molecule is Cn1cnc2c(C(=O)NCc3ccco3)nn(-c3ccc(Cl)cc3)c2c1=O. The van der Waals surface area contributed by atoms with Gasteiger partial charge in [-0.15, -0.1) is 0 Å². The molecule has 0 radical (unpaired) electrons. The van der Waals surface area contributed by atoms with Crippen LogP contribution in [-0.4, -0.2) is 25.2 Å². The van der Waals surface area contributed by atoms with Crippen LogP contribution in [0.2, 0.25) is 5.02 Å². The van der Waals surface area contributed by atoms with E-state index in [1.165, 1.54) is 21.8 Å². The van der Waals surface area contributed by atoms with Crippen LogP contribution in [0.5, 0.6) is 0 Å². The molecule has 8 nitrogen and oxygen atoms in total. The minimum absolute atomic E-state index is 0.0595. The van der Waals surface area contributed by atoms with Crippen molar-refractivity contribution in [1.29, 1.82) is 0 Å². The number of carbonyl (C=O) groups excluding carboxylic acids is 1. The first-order valence-electron chi connectivity index (χ1n) is 8.05. The zero-order chi connectivity index (χ0) is 19.0. The number of amides is 1. The first kappa shape index (κ1) is 17.0.